The van der Waals surface area contributed by atoms with Gasteiger partial charge < -0.3 is 0 Å². The molecule has 0 aliphatic carbocycles. The van der Waals surface area contributed by atoms with E-state index in [0.29, 0.717) is 0 Å². The maximum Gasteiger partial charge on any atom is -0.0373 e. The molecule has 0 aliphatic heterocycles. The Bertz CT molecular complexity index is 51.0. The van der Waals surface area contributed by atoms with Gasteiger partial charge in [0, 0.05) is 0 Å². The normalized spacial score (nSPS) is 12.2. The lowest BCUT2D eigenvalue weighted by Crippen LogP contribution is -1.53. The third-order valence-electron chi connectivity index (χ3n) is 0.526. The molecule has 0 radical (unpaired) electrons. The number of allylic oxidation sites excluding steroid dienone is 2. The third kappa shape index (κ3) is 4.17. The average Bonchev–Trinajstić information content (AvgIpc) is 1.35. The molecular weight excluding hydrogens is 91.0 g/mol. The molecule has 0 nitrogen and oxygen atoms in total. The Labute approximate surface area is 41.8 Å². The summed E-state index contributed by atoms with van der Waals surface area (Å²) in [5, 5.41) is 1.33. The first-order valence-corrected chi connectivity index (χ1v) is 2.77. The fraction of sp³-hybridized carbons (Fsp3) is 0.600. The molecule has 1 heteroatoms. The van der Waals surface area contributed by atoms with Crippen molar-refractivity contribution in [2.24, 2.45) is 0 Å². The van der Waals surface area contributed by atoms with Gasteiger partial charge in [0.15, 0.2) is 0 Å². The molecule has 0 spiro atoms. The summed E-state index contributed by atoms with van der Waals surface area (Å²) >= 11 is 0. The van der Waals surface area contributed by atoms with E-state index in [1.165, 1.54) is 5.31 Å². The molecule has 6 heavy (non-hydrogen) atoms. The minimum Gasteiger partial charge on any atom is -0.111 e. The highest BCUT2D eigenvalue weighted by atomic mass is 31.0. The molecule has 0 fully saturated rings. The Morgan fingerprint density at radius 3 is 2.33 bits per heavy atom. The van der Waals surface area contributed by atoms with Crippen molar-refractivity contribution < 1.29 is 0 Å². The smallest absolute Gasteiger partial charge is 0.0373 e. The van der Waals surface area contributed by atoms with E-state index in [0.717, 1.165) is 6.42 Å². The van der Waals surface area contributed by atoms with Gasteiger partial charge in [0.1, 0.15) is 0 Å². The van der Waals surface area contributed by atoms with Gasteiger partial charge in [-0.2, -0.15) is 0 Å². The van der Waals surface area contributed by atoms with Crippen molar-refractivity contribution in [3.63, 3.8) is 0 Å². The zero-order valence-electron chi connectivity index (χ0n) is 4.36. The maximum atomic E-state index is 2.64. The van der Waals surface area contributed by atoms with Gasteiger partial charge in [0.25, 0.3) is 0 Å². The van der Waals surface area contributed by atoms with Gasteiger partial charge in [-0.15, -0.1) is 9.24 Å². The molecular formula is C5H11P. The summed E-state index contributed by atoms with van der Waals surface area (Å²) in [6.45, 7) is 4.21. The topological polar surface area (TPSA) is 0 Å². The van der Waals surface area contributed by atoms with Crippen LogP contribution in [-0.4, -0.2) is 0 Å². The van der Waals surface area contributed by atoms with E-state index in [2.05, 4.69) is 29.2 Å². The lowest BCUT2D eigenvalue weighted by atomic mass is 10.4. The van der Waals surface area contributed by atoms with Crippen LogP contribution in [0.3, 0.4) is 0 Å². The van der Waals surface area contributed by atoms with Gasteiger partial charge in [0.05, 0.1) is 0 Å². The minimum atomic E-state index is 1.15. The van der Waals surface area contributed by atoms with E-state index in [9.17, 15) is 0 Å². The molecule has 0 amide bonds. The predicted octanol–water partition coefficient (Wildman–Crippen LogP) is 2.18. The van der Waals surface area contributed by atoms with Crippen LogP contribution in [0.25, 0.3) is 0 Å². The quantitative estimate of drug-likeness (QED) is 0.445. The fourth-order valence-corrected chi connectivity index (χ4v) is 0.558. The number of hydrogen-bond acceptors (Lipinski definition) is 0. The van der Waals surface area contributed by atoms with Gasteiger partial charge in [-0.3, -0.25) is 0 Å². The minimum absolute atomic E-state index is 1.15. The number of rotatable bonds is 1. The highest BCUT2D eigenvalue weighted by molar-refractivity contribution is 7.22. The van der Waals surface area contributed by atoms with Crippen molar-refractivity contribution in [2.45, 2.75) is 20.3 Å². The fourth-order valence-electron chi connectivity index (χ4n) is 0.322. The van der Waals surface area contributed by atoms with Crippen LogP contribution in [0.4, 0.5) is 0 Å². The highest BCUT2D eigenvalue weighted by Gasteiger charge is 1.67. The van der Waals surface area contributed by atoms with Gasteiger partial charge >= 0.3 is 0 Å². The molecule has 0 aliphatic rings. The average molecular weight is 102 g/mol. The summed E-state index contributed by atoms with van der Waals surface area (Å²) in [6, 6.07) is 0. The molecule has 0 saturated heterocycles. The molecule has 0 aromatic carbocycles. The van der Waals surface area contributed by atoms with Crippen LogP contribution in [0.1, 0.15) is 20.3 Å². The third-order valence-corrected chi connectivity index (χ3v) is 0.762. The molecule has 0 saturated carbocycles. The van der Waals surface area contributed by atoms with Crippen molar-refractivity contribution in [3.05, 3.63) is 11.4 Å². The summed E-state index contributed by atoms with van der Waals surface area (Å²) in [5.41, 5.74) is 0. The summed E-state index contributed by atoms with van der Waals surface area (Å²) in [4.78, 5) is 0. The molecule has 0 heterocycles. The summed E-state index contributed by atoms with van der Waals surface area (Å²) in [7, 11) is 2.64. The molecule has 1 unspecified atom stereocenters. The Kier molecular flexibility index (Phi) is 3.46. The zero-order chi connectivity index (χ0) is 4.99. The second-order valence-corrected chi connectivity index (χ2v) is 2.27. The lowest BCUT2D eigenvalue weighted by Gasteiger charge is -1.80. The van der Waals surface area contributed by atoms with Crippen LogP contribution in [0.2, 0.25) is 0 Å². The Balaban J connectivity index is 3.14. The van der Waals surface area contributed by atoms with Gasteiger partial charge in [0.2, 0.25) is 0 Å². The SMILES string of the molecule is CC/C=C(\C)P. The van der Waals surface area contributed by atoms with Gasteiger partial charge in [-0.05, 0) is 13.3 Å². The van der Waals surface area contributed by atoms with Crippen LogP contribution in [0.15, 0.2) is 11.4 Å². The molecule has 0 aromatic rings. The molecule has 0 N–H and O–H groups in total. The van der Waals surface area contributed by atoms with Gasteiger partial charge in [-0.25, -0.2) is 0 Å². The van der Waals surface area contributed by atoms with Crippen LogP contribution in [0, 0.1) is 0 Å². The molecule has 0 bridgehead atoms. The summed E-state index contributed by atoms with van der Waals surface area (Å²) in [5.74, 6) is 0. The van der Waals surface area contributed by atoms with Crippen molar-refractivity contribution in [3.8, 4) is 0 Å². The van der Waals surface area contributed by atoms with Crippen LogP contribution in [-0.2, 0) is 0 Å². The predicted molar refractivity (Wildman–Crippen MR) is 33.8 cm³/mol. The molecule has 0 aromatic heterocycles. The van der Waals surface area contributed by atoms with Crippen molar-refractivity contribution in [1.29, 1.82) is 0 Å². The van der Waals surface area contributed by atoms with E-state index >= 15 is 0 Å². The van der Waals surface area contributed by atoms with Crippen LogP contribution >= 0.6 is 9.24 Å². The van der Waals surface area contributed by atoms with Crippen LogP contribution < -0.4 is 0 Å². The zero-order valence-corrected chi connectivity index (χ0v) is 5.52. The maximum absolute atomic E-state index is 2.64. The molecule has 1 atom stereocenters. The Morgan fingerprint density at radius 2 is 2.33 bits per heavy atom. The van der Waals surface area contributed by atoms with E-state index in [4.69, 9.17) is 0 Å². The van der Waals surface area contributed by atoms with Gasteiger partial charge in [-0.1, -0.05) is 18.3 Å². The van der Waals surface area contributed by atoms with Crippen molar-refractivity contribution in [2.75, 3.05) is 0 Å². The highest BCUT2D eigenvalue weighted by Crippen LogP contribution is 2.01. The Morgan fingerprint density at radius 1 is 1.83 bits per heavy atom. The lowest BCUT2D eigenvalue weighted by molar-refractivity contribution is 1.21. The second-order valence-electron chi connectivity index (χ2n) is 1.36. The standard InChI is InChI=1S/C5H11P/c1-3-4-5(2)6/h4H,3,6H2,1-2H3/b5-4+. The first-order valence-electron chi connectivity index (χ1n) is 2.19. The molecule has 0 rings (SSSR count). The van der Waals surface area contributed by atoms with E-state index < -0.39 is 0 Å². The van der Waals surface area contributed by atoms with Crippen LogP contribution in [0.5, 0.6) is 0 Å². The largest absolute Gasteiger partial charge is 0.111 e. The van der Waals surface area contributed by atoms with E-state index in [1.54, 1.807) is 0 Å². The first-order chi connectivity index (χ1) is 2.77. The second kappa shape index (κ2) is 3.36. The number of hydrogen-bond donors (Lipinski definition) is 0. The van der Waals surface area contributed by atoms with E-state index in [1.807, 2.05) is 0 Å². The summed E-state index contributed by atoms with van der Waals surface area (Å²) < 4.78 is 0. The van der Waals surface area contributed by atoms with Crippen molar-refractivity contribution in [1.82, 2.24) is 0 Å². The Hall–Kier alpha value is 0.170. The van der Waals surface area contributed by atoms with E-state index in [-0.39, 0.29) is 0 Å². The monoisotopic (exact) mass is 102 g/mol. The molecule has 36 valence electrons. The summed E-state index contributed by atoms with van der Waals surface area (Å²) in [6.07, 6.45) is 3.32. The first kappa shape index (κ1) is 6.17. The van der Waals surface area contributed by atoms with Crippen molar-refractivity contribution >= 4 is 9.24 Å².